The quantitative estimate of drug-likeness (QED) is 0.405. The number of aliphatic imine (C=N–C) groups is 1. The Kier molecular flexibility index (Phi) is 8.15. The van der Waals surface area contributed by atoms with Crippen molar-refractivity contribution in [3.8, 4) is 5.75 Å². The predicted octanol–water partition coefficient (Wildman–Crippen LogP) is 1.90. The van der Waals surface area contributed by atoms with E-state index in [9.17, 15) is 4.79 Å². The van der Waals surface area contributed by atoms with Crippen molar-refractivity contribution < 1.29 is 14.3 Å². The molecule has 0 aliphatic rings. The van der Waals surface area contributed by atoms with Crippen LogP contribution in [0.2, 0.25) is 0 Å². The van der Waals surface area contributed by atoms with Gasteiger partial charge in [-0.1, -0.05) is 0 Å². The van der Waals surface area contributed by atoms with Gasteiger partial charge in [-0.05, 0) is 34.6 Å². The Hall–Kier alpha value is -2.51. The van der Waals surface area contributed by atoms with E-state index in [0.29, 0.717) is 25.6 Å². The first-order valence-electron chi connectivity index (χ1n) is 8.58. The third kappa shape index (κ3) is 7.16. The van der Waals surface area contributed by atoms with Crippen LogP contribution in [0.4, 0.5) is 4.79 Å². The van der Waals surface area contributed by atoms with Gasteiger partial charge < -0.3 is 25.4 Å². The molecule has 0 aromatic carbocycles. The number of rotatable bonds is 6. The van der Waals surface area contributed by atoms with Gasteiger partial charge in [0.2, 0.25) is 0 Å². The Morgan fingerprint density at radius 2 is 1.85 bits per heavy atom. The summed E-state index contributed by atoms with van der Waals surface area (Å²) in [5.74, 6) is 1.47. The zero-order chi connectivity index (χ0) is 19.7. The molecule has 1 amide bonds. The average molecular weight is 365 g/mol. The van der Waals surface area contributed by atoms with E-state index in [1.165, 1.54) is 0 Å². The van der Waals surface area contributed by atoms with Crippen LogP contribution in [-0.2, 0) is 11.3 Å². The molecule has 0 fully saturated rings. The van der Waals surface area contributed by atoms with Crippen molar-refractivity contribution in [3.63, 3.8) is 0 Å². The summed E-state index contributed by atoms with van der Waals surface area (Å²) in [7, 11) is 3.34. The highest BCUT2D eigenvalue weighted by atomic mass is 16.6. The largest absolute Gasteiger partial charge is 0.496 e. The van der Waals surface area contributed by atoms with E-state index in [0.717, 1.165) is 22.6 Å². The van der Waals surface area contributed by atoms with Crippen molar-refractivity contribution in [1.82, 2.24) is 20.9 Å². The number of carbonyl (C=O) groups excluding carboxylic acids is 1. The van der Waals surface area contributed by atoms with Crippen LogP contribution in [0.3, 0.4) is 0 Å². The summed E-state index contributed by atoms with van der Waals surface area (Å²) in [6, 6.07) is 0. The second kappa shape index (κ2) is 9.84. The van der Waals surface area contributed by atoms with E-state index in [-0.39, 0.29) is 0 Å². The van der Waals surface area contributed by atoms with Crippen LogP contribution in [-0.4, -0.2) is 49.9 Å². The first kappa shape index (κ1) is 21.5. The Morgan fingerprint density at radius 3 is 2.42 bits per heavy atom. The number of nitrogens with one attached hydrogen (secondary N) is 3. The number of pyridine rings is 1. The topological polar surface area (TPSA) is 96.9 Å². The fraction of sp³-hybridized carbons (Fsp3) is 0.611. The minimum absolute atomic E-state index is 0.422. The lowest BCUT2D eigenvalue weighted by atomic mass is 10.1. The molecule has 0 saturated heterocycles. The SMILES string of the molecule is CN=C(NCCNC(=O)OC(C)(C)C)NCc1ncc(C)c(OC)c1C. The first-order valence-corrected chi connectivity index (χ1v) is 8.58. The number of aryl methyl sites for hydroxylation is 1. The van der Waals surface area contributed by atoms with Crippen LogP contribution in [0.25, 0.3) is 0 Å². The number of ether oxygens (including phenoxy) is 2. The summed E-state index contributed by atoms with van der Waals surface area (Å²) in [5, 5.41) is 9.02. The summed E-state index contributed by atoms with van der Waals surface area (Å²) in [4.78, 5) is 20.2. The molecular weight excluding hydrogens is 334 g/mol. The van der Waals surface area contributed by atoms with Crippen molar-refractivity contribution in [1.29, 1.82) is 0 Å². The molecule has 26 heavy (non-hydrogen) atoms. The number of carbonyl (C=O) groups is 1. The van der Waals surface area contributed by atoms with Crippen molar-refractivity contribution in [3.05, 3.63) is 23.0 Å². The molecule has 0 atom stereocenters. The molecule has 0 aliphatic carbocycles. The Labute approximate surface area is 155 Å². The maximum Gasteiger partial charge on any atom is 0.407 e. The van der Waals surface area contributed by atoms with Gasteiger partial charge in [0.15, 0.2) is 5.96 Å². The molecule has 0 saturated carbocycles. The van der Waals surface area contributed by atoms with Crippen LogP contribution >= 0.6 is 0 Å². The highest BCUT2D eigenvalue weighted by molar-refractivity contribution is 5.79. The van der Waals surface area contributed by atoms with Crippen LogP contribution < -0.4 is 20.7 Å². The van der Waals surface area contributed by atoms with Crippen LogP contribution in [0, 0.1) is 13.8 Å². The number of hydrogen-bond acceptors (Lipinski definition) is 5. The monoisotopic (exact) mass is 365 g/mol. The molecule has 0 unspecified atom stereocenters. The fourth-order valence-electron chi connectivity index (χ4n) is 2.30. The summed E-state index contributed by atoms with van der Waals surface area (Å²) in [6.07, 6.45) is 1.36. The molecule has 146 valence electrons. The van der Waals surface area contributed by atoms with E-state index in [4.69, 9.17) is 9.47 Å². The Bertz CT molecular complexity index is 638. The molecule has 8 heteroatoms. The van der Waals surface area contributed by atoms with Gasteiger partial charge in [0.1, 0.15) is 11.4 Å². The summed E-state index contributed by atoms with van der Waals surface area (Å²) >= 11 is 0. The standard InChI is InChI=1S/C18H31N5O3/c1-12-10-22-14(13(2)15(12)25-7)11-23-16(19-6)20-8-9-21-17(24)26-18(3,4)5/h10H,8-9,11H2,1-7H3,(H,21,24)(H2,19,20,23). The van der Waals surface area contributed by atoms with Gasteiger partial charge in [0.25, 0.3) is 0 Å². The number of nitrogens with zero attached hydrogens (tertiary/aromatic N) is 2. The van der Waals surface area contributed by atoms with Gasteiger partial charge in [-0.25, -0.2) is 4.79 Å². The third-order valence-corrected chi connectivity index (χ3v) is 3.48. The number of aromatic nitrogens is 1. The molecular formula is C18H31N5O3. The molecule has 8 nitrogen and oxygen atoms in total. The molecule has 1 aromatic heterocycles. The molecule has 1 rings (SSSR count). The van der Waals surface area contributed by atoms with E-state index in [1.54, 1.807) is 20.4 Å². The summed E-state index contributed by atoms with van der Waals surface area (Å²) in [5.41, 5.74) is 2.39. The molecule has 0 aliphatic heterocycles. The molecule has 3 N–H and O–H groups in total. The van der Waals surface area contributed by atoms with E-state index >= 15 is 0 Å². The second-order valence-electron chi connectivity index (χ2n) is 6.83. The van der Waals surface area contributed by atoms with Crippen molar-refractivity contribution in [2.24, 2.45) is 4.99 Å². The van der Waals surface area contributed by atoms with Crippen LogP contribution in [0.1, 0.15) is 37.6 Å². The average Bonchev–Trinajstić information content (AvgIpc) is 2.54. The van der Waals surface area contributed by atoms with Crippen molar-refractivity contribution in [2.75, 3.05) is 27.2 Å². The third-order valence-electron chi connectivity index (χ3n) is 3.48. The second-order valence-corrected chi connectivity index (χ2v) is 6.83. The number of hydrogen-bond donors (Lipinski definition) is 3. The molecule has 0 radical (unpaired) electrons. The molecule has 1 heterocycles. The highest BCUT2D eigenvalue weighted by Gasteiger charge is 2.15. The molecule has 1 aromatic rings. The lowest BCUT2D eigenvalue weighted by Gasteiger charge is -2.20. The number of alkyl carbamates (subject to hydrolysis) is 1. The van der Waals surface area contributed by atoms with Gasteiger partial charge in [0.05, 0.1) is 19.3 Å². The zero-order valence-corrected chi connectivity index (χ0v) is 16.8. The number of amides is 1. The minimum Gasteiger partial charge on any atom is -0.496 e. The minimum atomic E-state index is -0.505. The van der Waals surface area contributed by atoms with Crippen LogP contribution in [0.5, 0.6) is 5.75 Å². The fourth-order valence-corrected chi connectivity index (χ4v) is 2.30. The normalized spacial score (nSPS) is 11.7. The van der Waals surface area contributed by atoms with Gasteiger partial charge in [0, 0.05) is 37.5 Å². The maximum absolute atomic E-state index is 11.6. The lowest BCUT2D eigenvalue weighted by Crippen LogP contribution is -2.42. The smallest absolute Gasteiger partial charge is 0.407 e. The van der Waals surface area contributed by atoms with Crippen LogP contribution in [0.15, 0.2) is 11.2 Å². The van der Waals surface area contributed by atoms with Crippen molar-refractivity contribution in [2.45, 2.75) is 46.8 Å². The van der Waals surface area contributed by atoms with E-state index < -0.39 is 11.7 Å². The number of methoxy groups -OCH3 is 1. The van der Waals surface area contributed by atoms with Gasteiger partial charge in [-0.3, -0.25) is 9.98 Å². The van der Waals surface area contributed by atoms with Gasteiger partial charge in [-0.15, -0.1) is 0 Å². The Balaban J connectivity index is 2.44. The summed E-state index contributed by atoms with van der Waals surface area (Å²) in [6.45, 7) is 10.9. The van der Waals surface area contributed by atoms with E-state index in [2.05, 4.69) is 25.9 Å². The molecule has 0 spiro atoms. The maximum atomic E-state index is 11.6. The predicted molar refractivity (Wildman–Crippen MR) is 103 cm³/mol. The Morgan fingerprint density at radius 1 is 1.19 bits per heavy atom. The molecule has 0 bridgehead atoms. The van der Waals surface area contributed by atoms with Gasteiger partial charge >= 0.3 is 6.09 Å². The lowest BCUT2D eigenvalue weighted by molar-refractivity contribution is 0.0529. The van der Waals surface area contributed by atoms with Crippen molar-refractivity contribution >= 4 is 12.1 Å². The highest BCUT2D eigenvalue weighted by Crippen LogP contribution is 2.23. The zero-order valence-electron chi connectivity index (χ0n) is 16.8. The number of guanidine groups is 1. The van der Waals surface area contributed by atoms with Gasteiger partial charge in [-0.2, -0.15) is 0 Å². The van der Waals surface area contributed by atoms with E-state index in [1.807, 2.05) is 34.6 Å². The summed E-state index contributed by atoms with van der Waals surface area (Å²) < 4.78 is 10.6. The first-order chi connectivity index (χ1) is 12.2.